The molecule has 1 atom stereocenters. The molecule has 0 aliphatic heterocycles. The van der Waals surface area contributed by atoms with Crippen LogP contribution >= 0.6 is 11.6 Å². The third kappa shape index (κ3) is 5.83. The monoisotopic (exact) mass is 270 g/mol. The lowest BCUT2D eigenvalue weighted by Crippen LogP contribution is -2.37. The van der Waals surface area contributed by atoms with Crippen molar-refractivity contribution in [2.24, 2.45) is 0 Å². The zero-order valence-corrected chi connectivity index (χ0v) is 12.2. The van der Waals surface area contributed by atoms with Gasteiger partial charge >= 0.3 is 0 Å². The predicted octanol–water partition coefficient (Wildman–Crippen LogP) is 2.36. The summed E-state index contributed by atoms with van der Waals surface area (Å²) < 4.78 is 4.98. The highest BCUT2D eigenvalue weighted by Gasteiger charge is 2.03. The highest BCUT2D eigenvalue weighted by atomic mass is 35.5. The molecule has 0 amide bonds. The van der Waals surface area contributed by atoms with Crippen molar-refractivity contribution in [2.75, 3.05) is 26.8 Å². The molecular formula is C14H23ClN2O. The molecule has 1 unspecified atom stereocenters. The van der Waals surface area contributed by atoms with Crippen molar-refractivity contribution in [3.63, 3.8) is 0 Å². The van der Waals surface area contributed by atoms with Gasteiger partial charge in [-0.1, -0.05) is 17.7 Å². The van der Waals surface area contributed by atoms with E-state index < -0.39 is 0 Å². The Balaban J connectivity index is 2.29. The Kier molecular flexibility index (Phi) is 7.28. The van der Waals surface area contributed by atoms with E-state index in [1.54, 1.807) is 7.11 Å². The van der Waals surface area contributed by atoms with Crippen molar-refractivity contribution in [1.29, 1.82) is 0 Å². The molecule has 0 saturated heterocycles. The Morgan fingerprint density at radius 2 is 2.17 bits per heavy atom. The second-order valence-electron chi connectivity index (χ2n) is 4.55. The van der Waals surface area contributed by atoms with E-state index in [1.807, 2.05) is 12.1 Å². The molecule has 0 saturated carbocycles. The molecule has 1 aromatic rings. The maximum Gasteiger partial charge on any atom is 0.0587 e. The number of hydrogen-bond acceptors (Lipinski definition) is 3. The van der Waals surface area contributed by atoms with Crippen LogP contribution in [0, 0.1) is 6.92 Å². The standard InChI is InChI=1S/C14H23ClN2O/c1-11-4-5-14(15)8-13(11)10-17-12(2)9-16-6-7-18-3/h4-5,8,12,16-17H,6-7,9-10H2,1-3H3. The molecule has 4 heteroatoms. The smallest absolute Gasteiger partial charge is 0.0587 e. The molecule has 1 rings (SSSR count). The quantitative estimate of drug-likeness (QED) is 0.712. The molecule has 0 aromatic heterocycles. The first-order valence-electron chi connectivity index (χ1n) is 6.31. The SMILES string of the molecule is COCCNCC(C)NCc1cc(Cl)ccc1C. The molecule has 18 heavy (non-hydrogen) atoms. The van der Waals surface area contributed by atoms with Crippen LogP contribution in [0.5, 0.6) is 0 Å². The highest BCUT2D eigenvalue weighted by Crippen LogP contribution is 2.15. The maximum atomic E-state index is 6.00. The molecule has 0 bridgehead atoms. The average molecular weight is 271 g/mol. The summed E-state index contributed by atoms with van der Waals surface area (Å²) in [6, 6.07) is 6.42. The van der Waals surface area contributed by atoms with Gasteiger partial charge < -0.3 is 15.4 Å². The van der Waals surface area contributed by atoms with Gasteiger partial charge in [-0.3, -0.25) is 0 Å². The molecule has 0 radical (unpaired) electrons. The second kappa shape index (κ2) is 8.48. The fourth-order valence-corrected chi connectivity index (χ4v) is 1.87. The van der Waals surface area contributed by atoms with Crippen molar-refractivity contribution in [3.05, 3.63) is 34.3 Å². The third-order valence-electron chi connectivity index (χ3n) is 2.89. The lowest BCUT2D eigenvalue weighted by atomic mass is 10.1. The number of ether oxygens (including phenoxy) is 1. The topological polar surface area (TPSA) is 33.3 Å². The fourth-order valence-electron chi connectivity index (χ4n) is 1.68. The Hall–Kier alpha value is -0.610. The minimum atomic E-state index is 0.417. The molecule has 0 fully saturated rings. The van der Waals surface area contributed by atoms with Gasteiger partial charge in [-0.05, 0) is 37.1 Å². The van der Waals surface area contributed by atoms with Crippen LogP contribution in [0.1, 0.15) is 18.1 Å². The zero-order valence-electron chi connectivity index (χ0n) is 11.4. The Labute approximate surface area is 115 Å². The lowest BCUT2D eigenvalue weighted by molar-refractivity contribution is 0.198. The van der Waals surface area contributed by atoms with Crippen molar-refractivity contribution in [3.8, 4) is 0 Å². The molecule has 0 aliphatic carbocycles. The summed E-state index contributed by atoms with van der Waals surface area (Å²) in [6.07, 6.45) is 0. The molecule has 0 spiro atoms. The van der Waals surface area contributed by atoms with Crippen molar-refractivity contribution >= 4 is 11.6 Å². The van der Waals surface area contributed by atoms with Gasteiger partial charge in [-0.15, -0.1) is 0 Å². The average Bonchev–Trinajstić information content (AvgIpc) is 2.36. The van der Waals surface area contributed by atoms with Crippen molar-refractivity contribution in [1.82, 2.24) is 10.6 Å². The van der Waals surface area contributed by atoms with Crippen LogP contribution in [0.4, 0.5) is 0 Å². The maximum absolute atomic E-state index is 6.00. The molecular weight excluding hydrogens is 248 g/mol. The summed E-state index contributed by atoms with van der Waals surface area (Å²) in [5.41, 5.74) is 2.53. The summed E-state index contributed by atoms with van der Waals surface area (Å²) in [5.74, 6) is 0. The number of aryl methyl sites for hydroxylation is 1. The highest BCUT2D eigenvalue weighted by molar-refractivity contribution is 6.30. The van der Waals surface area contributed by atoms with Gasteiger partial charge in [0.1, 0.15) is 0 Å². The molecule has 2 N–H and O–H groups in total. The Morgan fingerprint density at radius 3 is 2.89 bits per heavy atom. The van der Waals surface area contributed by atoms with E-state index in [9.17, 15) is 0 Å². The summed E-state index contributed by atoms with van der Waals surface area (Å²) in [6.45, 7) is 7.69. The van der Waals surface area contributed by atoms with Crippen LogP contribution in [-0.4, -0.2) is 32.8 Å². The van der Waals surface area contributed by atoms with Crippen molar-refractivity contribution < 1.29 is 4.74 Å². The number of rotatable bonds is 8. The first-order valence-corrected chi connectivity index (χ1v) is 6.69. The van der Waals surface area contributed by atoms with Gasteiger partial charge in [0.15, 0.2) is 0 Å². The summed E-state index contributed by atoms with van der Waals surface area (Å²) >= 11 is 6.00. The van der Waals surface area contributed by atoms with E-state index in [2.05, 4.69) is 30.5 Å². The Bertz CT molecular complexity index is 358. The van der Waals surface area contributed by atoms with Crippen LogP contribution in [0.25, 0.3) is 0 Å². The van der Waals surface area contributed by atoms with Gasteiger partial charge in [-0.2, -0.15) is 0 Å². The number of benzene rings is 1. The van der Waals surface area contributed by atoms with Gasteiger partial charge in [0.05, 0.1) is 6.61 Å². The minimum Gasteiger partial charge on any atom is -0.383 e. The van der Waals surface area contributed by atoms with Gasteiger partial charge in [-0.25, -0.2) is 0 Å². The van der Waals surface area contributed by atoms with Crippen LogP contribution < -0.4 is 10.6 Å². The van der Waals surface area contributed by atoms with E-state index in [-0.39, 0.29) is 0 Å². The minimum absolute atomic E-state index is 0.417. The zero-order chi connectivity index (χ0) is 13.4. The normalized spacial score (nSPS) is 12.7. The molecule has 0 aliphatic rings. The number of halogens is 1. The predicted molar refractivity (Wildman–Crippen MR) is 77.2 cm³/mol. The molecule has 102 valence electrons. The summed E-state index contributed by atoms with van der Waals surface area (Å²) in [4.78, 5) is 0. The molecule has 1 aromatic carbocycles. The van der Waals surface area contributed by atoms with E-state index >= 15 is 0 Å². The van der Waals surface area contributed by atoms with Gasteiger partial charge in [0.2, 0.25) is 0 Å². The first kappa shape index (κ1) is 15.4. The van der Waals surface area contributed by atoms with E-state index in [0.29, 0.717) is 6.04 Å². The summed E-state index contributed by atoms with van der Waals surface area (Å²) in [7, 11) is 1.71. The third-order valence-corrected chi connectivity index (χ3v) is 3.12. The van der Waals surface area contributed by atoms with Gasteiger partial charge in [0, 0.05) is 37.8 Å². The lowest BCUT2D eigenvalue weighted by Gasteiger charge is -2.15. The fraction of sp³-hybridized carbons (Fsp3) is 0.571. The molecule has 0 heterocycles. The number of hydrogen-bond donors (Lipinski definition) is 2. The van der Waals surface area contributed by atoms with E-state index in [0.717, 1.165) is 31.3 Å². The van der Waals surface area contributed by atoms with Crippen molar-refractivity contribution in [2.45, 2.75) is 26.4 Å². The number of methoxy groups -OCH3 is 1. The van der Waals surface area contributed by atoms with Crippen LogP contribution in [-0.2, 0) is 11.3 Å². The van der Waals surface area contributed by atoms with Crippen LogP contribution in [0.2, 0.25) is 5.02 Å². The van der Waals surface area contributed by atoms with Crippen LogP contribution in [0.15, 0.2) is 18.2 Å². The summed E-state index contributed by atoms with van der Waals surface area (Å²) in [5, 5.41) is 7.61. The van der Waals surface area contributed by atoms with Gasteiger partial charge in [0.25, 0.3) is 0 Å². The largest absolute Gasteiger partial charge is 0.383 e. The number of nitrogens with one attached hydrogen (secondary N) is 2. The van der Waals surface area contributed by atoms with E-state index in [1.165, 1.54) is 11.1 Å². The Morgan fingerprint density at radius 1 is 1.39 bits per heavy atom. The first-order chi connectivity index (χ1) is 8.63. The second-order valence-corrected chi connectivity index (χ2v) is 4.99. The van der Waals surface area contributed by atoms with Crippen LogP contribution in [0.3, 0.4) is 0 Å². The molecule has 3 nitrogen and oxygen atoms in total. The van der Waals surface area contributed by atoms with E-state index in [4.69, 9.17) is 16.3 Å².